The molecular weight excluding hydrogens is 514 g/mol. The molecule has 5 rings (SSSR count). The Morgan fingerprint density at radius 3 is 2.46 bits per heavy atom. The molecule has 0 aromatic heterocycles. The number of benzene rings is 2. The summed E-state index contributed by atoms with van der Waals surface area (Å²) in [6.07, 6.45) is 2.85. The Kier molecular flexibility index (Phi) is 6.84. The third-order valence-corrected chi connectivity index (χ3v) is 9.75. The van der Waals surface area contributed by atoms with Crippen molar-refractivity contribution in [1.82, 2.24) is 4.90 Å². The minimum Gasteiger partial charge on any atom is -0.480 e. The highest BCUT2D eigenvalue weighted by Crippen LogP contribution is 2.44. The van der Waals surface area contributed by atoms with E-state index in [4.69, 9.17) is 4.74 Å². The SMILES string of the molecule is Cc1cccc(S(=O)(=O)N2C[C@@H]3CN([C@H](C)C(=O)O)CCN3c3ccc(C4=CC(C)(C)OC(C)(C)C4)cc32)c1. The molecule has 0 unspecified atom stereocenters. The molecule has 3 aliphatic rings. The van der Waals surface area contributed by atoms with Crippen LogP contribution in [0.15, 0.2) is 53.4 Å². The molecule has 2 aromatic rings. The van der Waals surface area contributed by atoms with Crippen LogP contribution in [0.3, 0.4) is 0 Å². The Morgan fingerprint density at radius 2 is 1.79 bits per heavy atom. The smallest absolute Gasteiger partial charge is 0.320 e. The number of piperazine rings is 1. The number of ether oxygens (including phenoxy) is 1. The van der Waals surface area contributed by atoms with E-state index in [0.29, 0.717) is 31.7 Å². The Bertz CT molecular complexity index is 1430. The zero-order valence-corrected chi connectivity index (χ0v) is 24.5. The van der Waals surface area contributed by atoms with Crippen molar-refractivity contribution in [3.05, 3.63) is 59.7 Å². The number of hydrogen-bond acceptors (Lipinski definition) is 6. The zero-order valence-electron chi connectivity index (χ0n) is 23.6. The lowest BCUT2D eigenvalue weighted by Gasteiger charge is -2.50. The molecule has 1 saturated heterocycles. The second-order valence-corrected chi connectivity index (χ2v) is 14.1. The predicted octanol–water partition coefficient (Wildman–Crippen LogP) is 4.53. The number of fused-ring (bicyclic) bond motifs is 3. The third kappa shape index (κ3) is 5.32. The van der Waals surface area contributed by atoms with Crippen molar-refractivity contribution in [2.45, 2.75) is 76.1 Å². The number of carboxylic acid groups (broad SMARTS) is 1. The second kappa shape index (κ2) is 9.64. The van der Waals surface area contributed by atoms with Crippen molar-refractivity contribution in [2.75, 3.05) is 35.4 Å². The number of sulfonamides is 1. The van der Waals surface area contributed by atoms with Gasteiger partial charge in [-0.3, -0.25) is 14.0 Å². The first-order valence-corrected chi connectivity index (χ1v) is 15.0. The van der Waals surface area contributed by atoms with Crippen LogP contribution in [0.4, 0.5) is 11.4 Å². The lowest BCUT2D eigenvalue weighted by Crippen LogP contribution is -2.62. The van der Waals surface area contributed by atoms with Gasteiger partial charge < -0.3 is 14.7 Å². The molecule has 0 amide bonds. The summed E-state index contributed by atoms with van der Waals surface area (Å²) in [6.45, 7) is 13.8. The average molecular weight is 554 g/mol. The van der Waals surface area contributed by atoms with Crippen LogP contribution in [0.2, 0.25) is 0 Å². The van der Waals surface area contributed by atoms with Crippen LogP contribution in [0.5, 0.6) is 0 Å². The second-order valence-electron chi connectivity index (χ2n) is 12.2. The fraction of sp³-hybridized carbons (Fsp3) is 0.500. The first kappa shape index (κ1) is 27.7. The molecule has 2 aromatic carbocycles. The van der Waals surface area contributed by atoms with Crippen LogP contribution in [0, 0.1) is 6.92 Å². The quantitative estimate of drug-likeness (QED) is 0.582. The number of anilines is 2. The minimum absolute atomic E-state index is 0.168. The zero-order chi connectivity index (χ0) is 28.3. The van der Waals surface area contributed by atoms with Gasteiger partial charge in [0.05, 0.1) is 40.1 Å². The number of aryl methyl sites for hydroxylation is 1. The molecule has 2 atom stereocenters. The molecule has 0 spiro atoms. The summed E-state index contributed by atoms with van der Waals surface area (Å²) in [5.41, 5.74) is 3.72. The number of hydrogen-bond donors (Lipinski definition) is 1. The van der Waals surface area contributed by atoms with Gasteiger partial charge in [0.25, 0.3) is 10.0 Å². The van der Waals surface area contributed by atoms with Gasteiger partial charge in [-0.1, -0.05) is 18.2 Å². The maximum atomic E-state index is 14.2. The van der Waals surface area contributed by atoms with Gasteiger partial charge in [-0.25, -0.2) is 8.42 Å². The maximum Gasteiger partial charge on any atom is 0.320 e. The maximum absolute atomic E-state index is 14.2. The van der Waals surface area contributed by atoms with Crippen LogP contribution < -0.4 is 9.21 Å². The first-order valence-electron chi connectivity index (χ1n) is 13.6. The Balaban J connectivity index is 1.61. The predicted molar refractivity (Wildman–Crippen MR) is 154 cm³/mol. The van der Waals surface area contributed by atoms with Gasteiger partial charge in [0, 0.05) is 26.1 Å². The van der Waals surface area contributed by atoms with Crippen molar-refractivity contribution >= 4 is 32.9 Å². The van der Waals surface area contributed by atoms with E-state index < -0.39 is 27.6 Å². The summed E-state index contributed by atoms with van der Waals surface area (Å²) in [4.78, 5) is 16.1. The summed E-state index contributed by atoms with van der Waals surface area (Å²) in [6, 6.07) is 12.3. The van der Waals surface area contributed by atoms with Crippen molar-refractivity contribution < 1.29 is 23.1 Å². The Morgan fingerprint density at radius 1 is 1.05 bits per heavy atom. The summed E-state index contributed by atoms with van der Waals surface area (Å²) < 4.78 is 36.1. The fourth-order valence-electron chi connectivity index (χ4n) is 6.34. The summed E-state index contributed by atoms with van der Waals surface area (Å²) in [5.74, 6) is -0.871. The largest absolute Gasteiger partial charge is 0.480 e. The third-order valence-electron chi connectivity index (χ3n) is 7.98. The monoisotopic (exact) mass is 553 g/mol. The van der Waals surface area contributed by atoms with Crippen molar-refractivity contribution in [1.29, 1.82) is 0 Å². The van der Waals surface area contributed by atoms with Crippen molar-refractivity contribution in [3.63, 3.8) is 0 Å². The van der Waals surface area contributed by atoms with Gasteiger partial charge in [-0.15, -0.1) is 0 Å². The lowest BCUT2D eigenvalue weighted by atomic mass is 9.85. The lowest BCUT2D eigenvalue weighted by molar-refractivity contribution is -0.142. The van der Waals surface area contributed by atoms with Gasteiger partial charge in [-0.05, 0) is 88.6 Å². The summed E-state index contributed by atoms with van der Waals surface area (Å²) in [7, 11) is -3.87. The van der Waals surface area contributed by atoms with Gasteiger partial charge in [0.15, 0.2) is 0 Å². The van der Waals surface area contributed by atoms with E-state index in [0.717, 1.165) is 22.4 Å². The van der Waals surface area contributed by atoms with Crippen LogP contribution >= 0.6 is 0 Å². The number of carbonyl (C=O) groups is 1. The normalized spacial score (nSPS) is 23.4. The standard InChI is InChI=1S/C30H39N3O5S/c1-20-8-7-9-25(14-20)39(36,37)33-19-24-18-31(21(2)28(34)35)12-13-32(24)26-11-10-22(15-27(26)33)23-16-29(3,4)38-30(5,6)17-23/h7-11,14-16,21,24H,12-13,17-19H2,1-6H3,(H,34,35)/t21-,24+/m1/s1. The molecule has 8 nitrogen and oxygen atoms in total. The van der Waals surface area contributed by atoms with Gasteiger partial charge in [-0.2, -0.15) is 0 Å². The van der Waals surface area contributed by atoms with Crippen LogP contribution in [0.1, 0.15) is 52.2 Å². The molecule has 0 bridgehead atoms. The number of carboxylic acids is 1. The van der Waals surface area contributed by atoms with Gasteiger partial charge in [0.1, 0.15) is 6.04 Å². The van der Waals surface area contributed by atoms with E-state index in [1.165, 1.54) is 4.31 Å². The molecule has 0 saturated carbocycles. The van der Waals surface area contributed by atoms with E-state index in [9.17, 15) is 18.3 Å². The van der Waals surface area contributed by atoms with E-state index in [1.807, 2.05) is 43.9 Å². The van der Waals surface area contributed by atoms with Crippen molar-refractivity contribution in [3.8, 4) is 0 Å². The Labute approximate surface area is 231 Å². The van der Waals surface area contributed by atoms with Crippen LogP contribution in [0.25, 0.3) is 5.57 Å². The molecule has 1 fully saturated rings. The van der Waals surface area contributed by atoms with E-state index in [-0.39, 0.29) is 23.1 Å². The molecule has 0 aliphatic carbocycles. The number of nitrogens with zero attached hydrogens (tertiary/aromatic N) is 3. The van der Waals surface area contributed by atoms with Gasteiger partial charge in [0.2, 0.25) is 0 Å². The molecule has 39 heavy (non-hydrogen) atoms. The molecule has 0 radical (unpaired) electrons. The van der Waals surface area contributed by atoms with E-state index >= 15 is 0 Å². The number of rotatable bonds is 5. The first-order chi connectivity index (χ1) is 18.2. The molecule has 1 N–H and O–H groups in total. The highest BCUT2D eigenvalue weighted by atomic mass is 32.2. The Hall–Kier alpha value is -2.88. The summed E-state index contributed by atoms with van der Waals surface area (Å²) in [5, 5.41) is 9.60. The average Bonchev–Trinajstić information content (AvgIpc) is 2.85. The highest BCUT2D eigenvalue weighted by molar-refractivity contribution is 7.92. The van der Waals surface area contributed by atoms with E-state index in [2.05, 4.69) is 30.9 Å². The molecule has 9 heteroatoms. The fourth-order valence-corrected chi connectivity index (χ4v) is 7.95. The van der Waals surface area contributed by atoms with Crippen LogP contribution in [-0.4, -0.2) is 73.9 Å². The van der Waals surface area contributed by atoms with Gasteiger partial charge >= 0.3 is 5.97 Å². The summed E-state index contributed by atoms with van der Waals surface area (Å²) >= 11 is 0. The molecular formula is C30H39N3O5S. The molecule has 3 aliphatic heterocycles. The van der Waals surface area contributed by atoms with E-state index in [1.54, 1.807) is 25.1 Å². The van der Waals surface area contributed by atoms with Crippen molar-refractivity contribution in [2.24, 2.45) is 0 Å². The topological polar surface area (TPSA) is 90.4 Å². The highest BCUT2D eigenvalue weighted by Gasteiger charge is 2.42. The minimum atomic E-state index is -3.87. The van der Waals surface area contributed by atoms with Crippen LogP contribution in [-0.2, 0) is 19.6 Å². The molecule has 210 valence electrons. The molecule has 3 heterocycles. The number of aliphatic carboxylic acids is 1.